The van der Waals surface area contributed by atoms with Gasteiger partial charge in [-0.3, -0.25) is 4.79 Å². The normalized spacial score (nSPS) is 27.5. The fourth-order valence-corrected chi connectivity index (χ4v) is 4.59. The van der Waals surface area contributed by atoms with Crippen molar-refractivity contribution >= 4 is 14.0 Å². The monoisotopic (exact) mass is 267 g/mol. The van der Waals surface area contributed by atoms with Gasteiger partial charge in [0, 0.05) is 13.0 Å². The molecule has 0 saturated carbocycles. The minimum absolute atomic E-state index is 0.00454. The predicted octanol–water partition coefficient (Wildman–Crippen LogP) is 3.49. The van der Waals surface area contributed by atoms with Crippen LogP contribution in [0.3, 0.4) is 0 Å². The van der Waals surface area contributed by atoms with Gasteiger partial charge in [0.25, 0.3) is 0 Å². The van der Waals surface area contributed by atoms with Crippen molar-refractivity contribution in [3.8, 4) is 0 Å². The highest BCUT2D eigenvalue weighted by Crippen LogP contribution is 2.50. The number of hydrogen-bond acceptors (Lipinski definition) is 1. The molecule has 0 bridgehead atoms. The number of halogens is 1. The van der Waals surface area contributed by atoms with Gasteiger partial charge in [0.2, 0.25) is 5.91 Å². The van der Waals surface area contributed by atoms with Crippen LogP contribution >= 0.6 is 0 Å². The van der Waals surface area contributed by atoms with Crippen LogP contribution in [-0.2, 0) is 4.79 Å². The van der Waals surface area contributed by atoms with Crippen molar-refractivity contribution in [3.63, 3.8) is 0 Å². The van der Waals surface area contributed by atoms with E-state index in [1.165, 1.54) is 4.90 Å². The number of hydrogen-bond donors (Lipinski definition) is 0. The molecule has 1 aliphatic heterocycles. The fourth-order valence-electron chi connectivity index (χ4n) is 3.07. The summed E-state index contributed by atoms with van der Waals surface area (Å²) in [4.78, 5) is 13.7. The third-order valence-corrected chi connectivity index (χ3v) is 6.29. The standard InChI is InChI=1S/C14H22FNOSi/c1-14(2)9-7-8-10(18(4,5)6)11(15)12(9)16(3)13(14)17/h8-9H,7H2,1-6H3. The lowest BCUT2D eigenvalue weighted by Crippen LogP contribution is -2.30. The van der Waals surface area contributed by atoms with Crippen LogP contribution in [0.1, 0.15) is 20.3 Å². The second-order valence-electron chi connectivity index (χ2n) is 6.94. The number of likely N-dealkylation sites (tertiary alicyclic amines) is 1. The molecule has 100 valence electrons. The second-order valence-corrected chi connectivity index (χ2v) is 12.0. The lowest BCUT2D eigenvalue weighted by Gasteiger charge is -2.30. The van der Waals surface area contributed by atoms with Crippen LogP contribution in [-0.4, -0.2) is 25.9 Å². The molecule has 0 aromatic carbocycles. The molecule has 1 atom stereocenters. The van der Waals surface area contributed by atoms with Gasteiger partial charge in [0.15, 0.2) is 0 Å². The van der Waals surface area contributed by atoms with Crippen molar-refractivity contribution in [2.75, 3.05) is 7.05 Å². The molecule has 2 rings (SSSR count). The fraction of sp³-hybridized carbons (Fsp3) is 0.643. The molecule has 1 aliphatic carbocycles. The van der Waals surface area contributed by atoms with Gasteiger partial charge < -0.3 is 4.90 Å². The Kier molecular flexibility index (Phi) is 2.85. The molecule has 0 N–H and O–H groups in total. The molecule has 1 amide bonds. The molecule has 1 heterocycles. The summed E-state index contributed by atoms with van der Waals surface area (Å²) in [5.41, 5.74) is 0.132. The molecule has 1 saturated heterocycles. The number of allylic oxidation sites excluding steroid dienone is 4. The lowest BCUT2D eigenvalue weighted by atomic mass is 9.76. The van der Waals surface area contributed by atoms with E-state index in [1.807, 2.05) is 19.9 Å². The summed E-state index contributed by atoms with van der Waals surface area (Å²) in [6.45, 7) is 10.3. The molecule has 18 heavy (non-hydrogen) atoms. The zero-order valence-electron chi connectivity index (χ0n) is 12.1. The SMILES string of the molecule is CN1C(=O)C(C)(C)C2CC=C([Si](C)(C)C)C(F)=C21. The van der Waals surface area contributed by atoms with Gasteiger partial charge in [0.05, 0.1) is 19.2 Å². The summed E-state index contributed by atoms with van der Waals surface area (Å²) in [7, 11) is 0.0135. The molecule has 2 nitrogen and oxygen atoms in total. The zero-order valence-corrected chi connectivity index (χ0v) is 13.1. The molecular weight excluding hydrogens is 245 g/mol. The maximum atomic E-state index is 14.7. The summed E-state index contributed by atoms with van der Waals surface area (Å²) in [5, 5.41) is 0.867. The zero-order chi connectivity index (χ0) is 13.9. The van der Waals surface area contributed by atoms with Crippen molar-refractivity contribution in [1.29, 1.82) is 0 Å². The van der Waals surface area contributed by atoms with Crippen molar-refractivity contribution in [2.45, 2.75) is 39.9 Å². The van der Waals surface area contributed by atoms with E-state index < -0.39 is 13.5 Å². The summed E-state index contributed by atoms with van der Waals surface area (Å²) < 4.78 is 14.7. The molecule has 1 unspecified atom stereocenters. The molecule has 0 spiro atoms. The van der Waals surface area contributed by atoms with E-state index in [0.717, 1.165) is 11.6 Å². The summed E-state index contributed by atoms with van der Waals surface area (Å²) in [6, 6.07) is 0. The number of rotatable bonds is 1. The highest BCUT2D eigenvalue weighted by atomic mass is 28.3. The van der Waals surface area contributed by atoms with Crippen LogP contribution in [0, 0.1) is 11.3 Å². The van der Waals surface area contributed by atoms with E-state index in [-0.39, 0.29) is 17.7 Å². The van der Waals surface area contributed by atoms with Crippen LogP contribution in [0.5, 0.6) is 0 Å². The highest BCUT2D eigenvalue weighted by molar-refractivity contribution is 6.84. The summed E-state index contributed by atoms with van der Waals surface area (Å²) in [5.74, 6) is -0.107. The number of amides is 1. The van der Waals surface area contributed by atoms with Crippen LogP contribution in [0.15, 0.2) is 22.8 Å². The van der Waals surface area contributed by atoms with E-state index in [1.54, 1.807) is 7.05 Å². The van der Waals surface area contributed by atoms with Gasteiger partial charge in [-0.25, -0.2) is 4.39 Å². The Morgan fingerprint density at radius 1 is 1.39 bits per heavy atom. The molecule has 0 aromatic heterocycles. The number of nitrogens with zero attached hydrogens (tertiary/aromatic N) is 1. The molecule has 4 heteroatoms. The molecule has 2 aliphatic rings. The average molecular weight is 267 g/mol. The maximum Gasteiger partial charge on any atom is 0.232 e. The first kappa shape index (κ1) is 13.5. The molecule has 0 aromatic rings. The number of carbonyl (C=O) groups is 1. The Morgan fingerprint density at radius 2 is 1.94 bits per heavy atom. The Bertz CT molecular complexity index is 471. The van der Waals surface area contributed by atoms with E-state index in [2.05, 4.69) is 19.6 Å². The maximum absolute atomic E-state index is 14.7. The molecule has 1 fully saturated rings. The number of fused-ring (bicyclic) bond motifs is 1. The Balaban J connectivity index is 2.54. The van der Waals surface area contributed by atoms with E-state index in [9.17, 15) is 9.18 Å². The van der Waals surface area contributed by atoms with Gasteiger partial charge in [-0.2, -0.15) is 0 Å². The smallest absolute Gasteiger partial charge is 0.232 e. The lowest BCUT2D eigenvalue weighted by molar-refractivity contribution is -0.133. The predicted molar refractivity (Wildman–Crippen MR) is 74.2 cm³/mol. The first-order valence-electron chi connectivity index (χ1n) is 6.47. The van der Waals surface area contributed by atoms with Crippen LogP contribution < -0.4 is 0 Å². The van der Waals surface area contributed by atoms with E-state index >= 15 is 0 Å². The first-order chi connectivity index (χ1) is 8.08. The van der Waals surface area contributed by atoms with Crippen LogP contribution in [0.2, 0.25) is 19.6 Å². The van der Waals surface area contributed by atoms with Gasteiger partial charge in [-0.05, 0) is 11.6 Å². The number of carbonyl (C=O) groups excluding carboxylic acids is 1. The van der Waals surface area contributed by atoms with Gasteiger partial charge >= 0.3 is 0 Å². The molecular formula is C14H22FNOSi. The topological polar surface area (TPSA) is 20.3 Å². The average Bonchev–Trinajstić information content (AvgIpc) is 2.40. The molecule has 0 radical (unpaired) electrons. The first-order valence-corrected chi connectivity index (χ1v) is 9.97. The van der Waals surface area contributed by atoms with Crippen LogP contribution in [0.25, 0.3) is 0 Å². The van der Waals surface area contributed by atoms with Crippen LogP contribution in [0.4, 0.5) is 4.39 Å². The van der Waals surface area contributed by atoms with Crippen molar-refractivity contribution in [1.82, 2.24) is 4.90 Å². The minimum Gasteiger partial charge on any atom is -0.316 e. The second kappa shape index (κ2) is 3.79. The third kappa shape index (κ3) is 1.69. The quantitative estimate of drug-likeness (QED) is 0.666. The Labute approximate surface area is 110 Å². The van der Waals surface area contributed by atoms with E-state index in [4.69, 9.17) is 0 Å². The highest BCUT2D eigenvalue weighted by Gasteiger charge is 2.52. The van der Waals surface area contributed by atoms with Crippen molar-refractivity contribution < 1.29 is 9.18 Å². The Hall–Kier alpha value is -0.903. The van der Waals surface area contributed by atoms with Crippen molar-refractivity contribution in [3.05, 3.63) is 22.8 Å². The summed E-state index contributed by atoms with van der Waals surface area (Å²) in [6.07, 6.45) is 2.81. The van der Waals surface area contributed by atoms with Crippen molar-refractivity contribution in [2.24, 2.45) is 11.3 Å². The Morgan fingerprint density at radius 3 is 2.44 bits per heavy atom. The summed E-state index contributed by atoms with van der Waals surface area (Å²) >= 11 is 0. The third-order valence-electron chi connectivity index (χ3n) is 4.25. The minimum atomic E-state index is -1.69. The van der Waals surface area contributed by atoms with E-state index in [0.29, 0.717) is 5.70 Å². The largest absolute Gasteiger partial charge is 0.316 e. The van der Waals surface area contributed by atoms with Gasteiger partial charge in [-0.15, -0.1) is 0 Å². The van der Waals surface area contributed by atoms with Gasteiger partial charge in [-0.1, -0.05) is 39.6 Å². The van der Waals surface area contributed by atoms with Gasteiger partial charge in [0.1, 0.15) is 5.83 Å².